The molecule has 0 aliphatic carbocycles. The number of pyridine rings is 1. The fourth-order valence-corrected chi connectivity index (χ4v) is 3.55. The summed E-state index contributed by atoms with van der Waals surface area (Å²) in [6, 6.07) is 12.0. The van der Waals surface area contributed by atoms with Crippen LogP contribution in [0.1, 0.15) is 17.9 Å². The number of hydrogen-bond acceptors (Lipinski definition) is 6. The van der Waals surface area contributed by atoms with Gasteiger partial charge in [0.15, 0.2) is 11.7 Å². The summed E-state index contributed by atoms with van der Waals surface area (Å²) >= 11 is 0. The second-order valence-corrected chi connectivity index (χ2v) is 7.50. The molecular weight excluding hydrogens is 418 g/mol. The van der Waals surface area contributed by atoms with Crippen molar-refractivity contribution in [3.63, 3.8) is 0 Å². The van der Waals surface area contributed by atoms with Crippen LogP contribution >= 0.6 is 0 Å². The molecule has 2 aromatic heterocycles. The number of benzene rings is 1. The summed E-state index contributed by atoms with van der Waals surface area (Å²) in [7, 11) is 0. The van der Waals surface area contributed by atoms with Crippen LogP contribution < -0.4 is 5.73 Å². The zero-order valence-electron chi connectivity index (χ0n) is 17.1. The number of carbonyl (C=O) groups excluding carboxylic acids is 1. The number of nitrogens with one attached hydrogen (secondary N) is 1. The number of halogens is 2. The normalized spacial score (nSPS) is 14.6. The minimum Gasteiger partial charge on any atom is -0.479 e. The number of imidazole rings is 1. The molecule has 3 aromatic rings. The molecule has 4 rings (SSSR count). The van der Waals surface area contributed by atoms with E-state index >= 15 is 0 Å². The summed E-state index contributed by atoms with van der Waals surface area (Å²) in [6.07, 6.45) is 0.239. The predicted molar refractivity (Wildman–Crippen MR) is 114 cm³/mol. The molecule has 1 saturated heterocycles. The van der Waals surface area contributed by atoms with Crippen molar-refractivity contribution in [2.45, 2.75) is 12.8 Å². The first kappa shape index (κ1) is 21.4. The van der Waals surface area contributed by atoms with Gasteiger partial charge in [-0.25, -0.2) is 13.8 Å². The first-order valence-corrected chi connectivity index (χ1v) is 10.0. The average molecular weight is 440 g/mol. The van der Waals surface area contributed by atoms with Gasteiger partial charge in [-0.15, -0.1) is 0 Å². The van der Waals surface area contributed by atoms with E-state index in [1.165, 1.54) is 6.08 Å². The number of aromatic nitrogens is 3. The summed E-state index contributed by atoms with van der Waals surface area (Å²) in [5, 5.41) is 8.23. The third-order valence-corrected chi connectivity index (χ3v) is 5.16. The fourth-order valence-electron chi connectivity index (χ4n) is 3.55. The molecule has 1 amide bonds. The van der Waals surface area contributed by atoms with Crippen molar-refractivity contribution in [2.24, 2.45) is 11.7 Å². The fraction of sp³-hybridized carbons (Fsp3) is 0.273. The monoisotopic (exact) mass is 440 g/mol. The zero-order chi connectivity index (χ0) is 22.7. The molecule has 0 radical (unpaired) electrons. The predicted octanol–water partition coefficient (Wildman–Crippen LogP) is 2.71. The number of hydrogen-bond donors (Lipinski definition) is 2. The largest absolute Gasteiger partial charge is 0.479 e. The molecule has 166 valence electrons. The Morgan fingerprint density at radius 3 is 2.72 bits per heavy atom. The van der Waals surface area contributed by atoms with Crippen LogP contribution in [0.2, 0.25) is 0 Å². The van der Waals surface area contributed by atoms with Crippen molar-refractivity contribution in [3.05, 3.63) is 72.1 Å². The minimum absolute atomic E-state index is 0.00300. The SMILES string of the molecule is N=C(C=C(N)OCC1CN(C(=O)Cc2ccccn2)C1)n1c(C(F)F)nc2ccccc21. The maximum Gasteiger partial charge on any atom is 0.296 e. The van der Waals surface area contributed by atoms with Gasteiger partial charge in [0, 0.05) is 37.0 Å². The highest BCUT2D eigenvalue weighted by Crippen LogP contribution is 2.24. The van der Waals surface area contributed by atoms with E-state index in [-0.39, 0.29) is 36.6 Å². The number of fused-ring (bicyclic) bond motifs is 1. The summed E-state index contributed by atoms with van der Waals surface area (Å²) in [4.78, 5) is 22.0. The summed E-state index contributed by atoms with van der Waals surface area (Å²) in [5.41, 5.74) is 7.34. The summed E-state index contributed by atoms with van der Waals surface area (Å²) < 4.78 is 33.4. The first-order valence-electron chi connectivity index (χ1n) is 10.0. The zero-order valence-corrected chi connectivity index (χ0v) is 17.1. The third-order valence-electron chi connectivity index (χ3n) is 5.16. The Morgan fingerprint density at radius 2 is 2.00 bits per heavy atom. The highest BCUT2D eigenvalue weighted by atomic mass is 19.3. The van der Waals surface area contributed by atoms with Crippen LogP contribution in [0.25, 0.3) is 11.0 Å². The lowest BCUT2D eigenvalue weighted by atomic mass is 10.0. The molecule has 10 heteroatoms. The van der Waals surface area contributed by atoms with Crippen LogP contribution in [0.4, 0.5) is 8.78 Å². The molecule has 0 atom stereocenters. The van der Waals surface area contributed by atoms with Gasteiger partial charge in [0.25, 0.3) is 6.43 Å². The van der Waals surface area contributed by atoms with Crippen molar-refractivity contribution in [3.8, 4) is 0 Å². The highest BCUT2D eigenvalue weighted by Gasteiger charge is 2.31. The van der Waals surface area contributed by atoms with Crippen LogP contribution in [-0.2, 0) is 16.0 Å². The maximum absolute atomic E-state index is 13.4. The van der Waals surface area contributed by atoms with Crippen LogP contribution in [0, 0.1) is 11.3 Å². The second kappa shape index (κ2) is 9.13. The molecular formula is C22H22F2N6O2. The van der Waals surface area contributed by atoms with Gasteiger partial charge in [-0.05, 0) is 24.3 Å². The second-order valence-electron chi connectivity index (χ2n) is 7.50. The van der Waals surface area contributed by atoms with Gasteiger partial charge in [-0.2, -0.15) is 0 Å². The molecule has 8 nitrogen and oxygen atoms in total. The van der Waals surface area contributed by atoms with Crippen LogP contribution in [0.3, 0.4) is 0 Å². The Kier molecular flexibility index (Phi) is 6.11. The number of carbonyl (C=O) groups is 1. The van der Waals surface area contributed by atoms with Crippen LogP contribution in [0.5, 0.6) is 0 Å². The third kappa shape index (κ3) is 4.58. The standard InChI is InChI=1S/C22H22F2N6O2/c23-21(24)22-28-16-6-1-2-7-17(16)30(22)18(25)10-19(26)32-13-14-11-29(12-14)20(31)9-15-5-3-4-8-27-15/h1-8,10,14,21,25H,9,11-13,26H2. The van der Waals surface area contributed by atoms with Gasteiger partial charge in [0.1, 0.15) is 5.84 Å². The topological polar surface area (TPSA) is 110 Å². The minimum atomic E-state index is -2.84. The molecule has 0 spiro atoms. The molecule has 1 aliphatic heterocycles. The quantitative estimate of drug-likeness (QED) is 0.334. The number of ether oxygens (including phenoxy) is 1. The highest BCUT2D eigenvalue weighted by molar-refractivity contribution is 5.99. The van der Waals surface area contributed by atoms with E-state index in [4.69, 9.17) is 15.9 Å². The lowest BCUT2D eigenvalue weighted by molar-refractivity contribution is -0.137. The lowest BCUT2D eigenvalue weighted by Gasteiger charge is -2.39. The number of rotatable bonds is 7. The molecule has 0 bridgehead atoms. The molecule has 0 saturated carbocycles. The van der Waals surface area contributed by atoms with Crippen molar-refractivity contribution in [1.82, 2.24) is 19.4 Å². The van der Waals surface area contributed by atoms with Gasteiger partial charge >= 0.3 is 0 Å². The number of amides is 1. The molecule has 1 fully saturated rings. The van der Waals surface area contributed by atoms with E-state index in [1.54, 1.807) is 41.4 Å². The molecule has 0 unspecified atom stereocenters. The van der Waals surface area contributed by atoms with Gasteiger partial charge in [-0.1, -0.05) is 18.2 Å². The molecule has 3 N–H and O–H groups in total. The van der Waals surface area contributed by atoms with Crippen LogP contribution in [0.15, 0.2) is 60.6 Å². The van der Waals surface area contributed by atoms with Crippen LogP contribution in [-0.4, -0.2) is 50.9 Å². The first-order chi connectivity index (χ1) is 15.4. The number of alkyl halides is 2. The van der Waals surface area contributed by atoms with Gasteiger partial charge < -0.3 is 15.4 Å². The van der Waals surface area contributed by atoms with E-state index in [1.807, 2.05) is 12.1 Å². The van der Waals surface area contributed by atoms with Crippen molar-refractivity contribution in [1.29, 1.82) is 5.41 Å². The smallest absolute Gasteiger partial charge is 0.296 e. The molecule has 1 aliphatic rings. The molecule has 1 aromatic carbocycles. The molecule has 32 heavy (non-hydrogen) atoms. The van der Waals surface area contributed by atoms with E-state index < -0.39 is 12.2 Å². The van der Waals surface area contributed by atoms with E-state index in [0.717, 1.165) is 10.3 Å². The number of para-hydroxylation sites is 2. The Labute approximate surface area is 182 Å². The Bertz CT molecular complexity index is 1160. The van der Waals surface area contributed by atoms with Crippen molar-refractivity contribution >= 4 is 22.8 Å². The van der Waals surface area contributed by atoms with Crippen molar-refractivity contribution in [2.75, 3.05) is 19.7 Å². The number of nitrogens with zero attached hydrogens (tertiary/aromatic N) is 4. The van der Waals surface area contributed by atoms with Gasteiger partial charge in [0.2, 0.25) is 5.91 Å². The summed E-state index contributed by atoms with van der Waals surface area (Å²) in [6.45, 7) is 1.34. The van der Waals surface area contributed by atoms with Crippen molar-refractivity contribution < 1.29 is 18.3 Å². The number of likely N-dealkylation sites (tertiary alicyclic amines) is 1. The number of allylic oxidation sites excluding steroid dienone is 1. The van der Waals surface area contributed by atoms with E-state index in [9.17, 15) is 13.6 Å². The maximum atomic E-state index is 13.4. The Morgan fingerprint density at radius 1 is 1.25 bits per heavy atom. The average Bonchev–Trinajstić information content (AvgIpc) is 3.13. The lowest BCUT2D eigenvalue weighted by Crippen LogP contribution is -2.52. The number of nitrogens with two attached hydrogens (primary N) is 1. The summed E-state index contributed by atoms with van der Waals surface area (Å²) in [5.74, 6) is -0.758. The Hall–Kier alpha value is -3.82. The molecule has 3 heterocycles. The van der Waals surface area contributed by atoms with E-state index in [0.29, 0.717) is 24.1 Å². The van der Waals surface area contributed by atoms with Gasteiger partial charge in [0.05, 0.1) is 24.1 Å². The van der Waals surface area contributed by atoms with Gasteiger partial charge in [-0.3, -0.25) is 19.8 Å². The van der Waals surface area contributed by atoms with E-state index in [2.05, 4.69) is 9.97 Å². The Balaban J connectivity index is 1.32.